The van der Waals surface area contributed by atoms with E-state index >= 15 is 0 Å². The molecule has 0 bridgehead atoms. The minimum absolute atomic E-state index is 0.596. The van der Waals surface area contributed by atoms with Crippen LogP contribution in [0.4, 0.5) is 34.1 Å². The van der Waals surface area contributed by atoms with E-state index in [1.807, 2.05) is 42.5 Å². The first-order valence-corrected chi connectivity index (χ1v) is 16.3. The molecule has 0 unspecified atom stereocenters. The lowest BCUT2D eigenvalue weighted by molar-refractivity contribution is 0.669. The van der Waals surface area contributed by atoms with E-state index in [9.17, 15) is 5.26 Å². The molecule has 4 heteroatoms. The molecule has 1 aromatic heterocycles. The molecule has 49 heavy (non-hydrogen) atoms. The monoisotopic (exact) mass is 627 g/mol. The van der Waals surface area contributed by atoms with Crippen molar-refractivity contribution in [2.45, 2.75) is 0 Å². The fourth-order valence-electron chi connectivity index (χ4n) is 7.00. The van der Waals surface area contributed by atoms with Gasteiger partial charge in [-0.2, -0.15) is 5.26 Å². The Morgan fingerprint density at radius 3 is 1.71 bits per heavy atom. The highest BCUT2D eigenvalue weighted by Gasteiger charge is 2.21. The summed E-state index contributed by atoms with van der Waals surface area (Å²) < 4.78 is 6.44. The SMILES string of the molecule is N#Cc1cccc(N(c2cccc(N(c3ccccc3)c3ccccc3)c2)c2cc3ccccc3c3cc4c(cc23)oc2ccccc24)c1. The molecule has 0 spiro atoms. The van der Waals surface area contributed by atoms with Gasteiger partial charge in [0.15, 0.2) is 0 Å². The van der Waals surface area contributed by atoms with Crippen molar-refractivity contribution in [3.63, 3.8) is 0 Å². The van der Waals surface area contributed by atoms with Crippen LogP contribution >= 0.6 is 0 Å². The number of rotatable bonds is 6. The first kappa shape index (κ1) is 28.4. The maximum Gasteiger partial charge on any atom is 0.136 e. The smallest absolute Gasteiger partial charge is 0.136 e. The molecule has 9 aromatic rings. The van der Waals surface area contributed by atoms with Crippen LogP contribution in [0.5, 0.6) is 0 Å². The fourth-order valence-corrected chi connectivity index (χ4v) is 7.00. The lowest BCUT2D eigenvalue weighted by atomic mass is 9.97. The van der Waals surface area contributed by atoms with Crippen molar-refractivity contribution in [3.8, 4) is 6.07 Å². The maximum atomic E-state index is 9.97. The summed E-state index contributed by atoms with van der Waals surface area (Å²) in [6.45, 7) is 0. The van der Waals surface area contributed by atoms with Crippen LogP contribution in [0.15, 0.2) is 180 Å². The van der Waals surface area contributed by atoms with Gasteiger partial charge in [0, 0.05) is 44.6 Å². The van der Waals surface area contributed by atoms with Gasteiger partial charge in [-0.25, -0.2) is 0 Å². The van der Waals surface area contributed by atoms with E-state index in [0.717, 1.165) is 72.2 Å². The van der Waals surface area contributed by atoms with Crippen molar-refractivity contribution in [1.29, 1.82) is 5.26 Å². The number of nitriles is 1. The van der Waals surface area contributed by atoms with Crippen LogP contribution in [0.1, 0.15) is 5.56 Å². The predicted molar refractivity (Wildman–Crippen MR) is 203 cm³/mol. The number of benzene rings is 8. The van der Waals surface area contributed by atoms with Crippen LogP contribution in [0.3, 0.4) is 0 Å². The van der Waals surface area contributed by atoms with E-state index in [0.29, 0.717) is 5.56 Å². The van der Waals surface area contributed by atoms with E-state index in [1.54, 1.807) is 0 Å². The van der Waals surface area contributed by atoms with E-state index in [4.69, 9.17) is 4.42 Å². The Labute approximate surface area is 283 Å². The van der Waals surface area contributed by atoms with Crippen molar-refractivity contribution in [2.24, 2.45) is 0 Å². The van der Waals surface area contributed by atoms with Crippen LogP contribution < -0.4 is 9.80 Å². The Balaban J connectivity index is 1.34. The Morgan fingerprint density at radius 2 is 0.980 bits per heavy atom. The third-order valence-electron chi connectivity index (χ3n) is 9.19. The number of hydrogen-bond acceptors (Lipinski definition) is 4. The van der Waals surface area contributed by atoms with Crippen molar-refractivity contribution in [1.82, 2.24) is 0 Å². The molecule has 0 aliphatic carbocycles. The average Bonchev–Trinajstić information content (AvgIpc) is 3.53. The summed E-state index contributed by atoms with van der Waals surface area (Å²) in [7, 11) is 0. The highest BCUT2D eigenvalue weighted by atomic mass is 16.3. The molecule has 230 valence electrons. The number of fused-ring (bicyclic) bond motifs is 6. The second kappa shape index (κ2) is 11.8. The first-order valence-electron chi connectivity index (χ1n) is 16.3. The topological polar surface area (TPSA) is 43.4 Å². The number of anilines is 6. The molecular formula is C45H29N3O. The zero-order chi connectivity index (χ0) is 32.7. The standard InChI is InChI=1S/C45H29N3O/c46-30-31-13-11-19-35(25-31)48(37-21-12-20-36(27-37)47(33-15-3-1-4-16-33)34-17-5-2-6-18-34)43-26-32-14-7-8-22-38(32)40-28-42-39-23-9-10-24-44(39)49-45(42)29-41(40)43/h1-29H. The average molecular weight is 628 g/mol. The van der Waals surface area contributed by atoms with E-state index in [-0.39, 0.29) is 0 Å². The van der Waals surface area contributed by atoms with E-state index in [1.165, 1.54) is 5.39 Å². The second-order valence-electron chi connectivity index (χ2n) is 12.1. The minimum Gasteiger partial charge on any atom is -0.456 e. The van der Waals surface area contributed by atoms with E-state index in [2.05, 4.69) is 149 Å². The van der Waals surface area contributed by atoms with Crippen LogP contribution in [0, 0.1) is 11.3 Å². The molecule has 9 rings (SSSR count). The quantitative estimate of drug-likeness (QED) is 0.172. The normalized spacial score (nSPS) is 11.2. The van der Waals surface area contributed by atoms with Crippen LogP contribution in [0.25, 0.3) is 43.5 Å². The summed E-state index contributed by atoms with van der Waals surface area (Å²) in [5.74, 6) is 0. The zero-order valence-electron chi connectivity index (χ0n) is 26.5. The van der Waals surface area contributed by atoms with Crippen LogP contribution in [-0.2, 0) is 0 Å². The Hall–Kier alpha value is -6.83. The number of para-hydroxylation sites is 3. The fraction of sp³-hybridized carbons (Fsp3) is 0. The Morgan fingerprint density at radius 1 is 0.388 bits per heavy atom. The van der Waals surface area contributed by atoms with E-state index < -0.39 is 0 Å². The molecule has 0 saturated carbocycles. The molecule has 0 fully saturated rings. The van der Waals surface area contributed by atoms with Gasteiger partial charge in [0.05, 0.1) is 17.3 Å². The lowest BCUT2D eigenvalue weighted by Gasteiger charge is -2.30. The summed E-state index contributed by atoms with van der Waals surface area (Å²) in [6, 6.07) is 63.1. The van der Waals surface area contributed by atoms with Crippen molar-refractivity contribution in [3.05, 3.63) is 181 Å². The Bertz CT molecular complexity index is 2650. The number of hydrogen-bond donors (Lipinski definition) is 0. The summed E-state index contributed by atoms with van der Waals surface area (Å²) in [4.78, 5) is 4.53. The highest BCUT2D eigenvalue weighted by molar-refractivity contribution is 6.20. The molecule has 0 atom stereocenters. The van der Waals surface area contributed by atoms with Gasteiger partial charge in [0.1, 0.15) is 11.2 Å². The van der Waals surface area contributed by atoms with Gasteiger partial charge in [0.25, 0.3) is 0 Å². The van der Waals surface area contributed by atoms with Crippen LogP contribution in [0.2, 0.25) is 0 Å². The highest BCUT2D eigenvalue weighted by Crippen LogP contribution is 2.46. The van der Waals surface area contributed by atoms with Crippen molar-refractivity contribution < 1.29 is 4.42 Å². The van der Waals surface area contributed by atoms with Gasteiger partial charge < -0.3 is 14.2 Å². The molecule has 0 aliphatic heterocycles. The summed E-state index contributed by atoms with van der Waals surface area (Å²) in [6.07, 6.45) is 0. The van der Waals surface area contributed by atoms with Crippen molar-refractivity contribution >= 4 is 77.6 Å². The molecule has 0 N–H and O–H groups in total. The zero-order valence-corrected chi connectivity index (χ0v) is 26.5. The van der Waals surface area contributed by atoms with Gasteiger partial charge in [-0.1, -0.05) is 91.0 Å². The Kier molecular flexibility index (Phi) is 6.81. The molecule has 0 saturated heterocycles. The summed E-state index contributed by atoms with van der Waals surface area (Å²) in [5.41, 5.74) is 8.29. The summed E-state index contributed by atoms with van der Waals surface area (Å²) >= 11 is 0. The molecule has 0 aliphatic rings. The predicted octanol–water partition coefficient (Wildman–Crippen LogP) is 12.7. The third kappa shape index (κ3) is 4.93. The molecular weight excluding hydrogens is 599 g/mol. The lowest BCUT2D eigenvalue weighted by Crippen LogP contribution is -2.13. The van der Waals surface area contributed by atoms with Gasteiger partial charge in [0.2, 0.25) is 0 Å². The molecule has 0 radical (unpaired) electrons. The minimum atomic E-state index is 0.596. The second-order valence-corrected chi connectivity index (χ2v) is 12.1. The third-order valence-corrected chi connectivity index (χ3v) is 9.19. The van der Waals surface area contributed by atoms with Crippen molar-refractivity contribution in [2.75, 3.05) is 9.80 Å². The first-order chi connectivity index (χ1) is 24.2. The van der Waals surface area contributed by atoms with Crippen LogP contribution in [-0.4, -0.2) is 0 Å². The molecule has 1 heterocycles. The van der Waals surface area contributed by atoms with Gasteiger partial charge in [-0.3, -0.25) is 0 Å². The summed E-state index contributed by atoms with van der Waals surface area (Å²) in [5, 5.41) is 16.7. The molecule has 4 nitrogen and oxygen atoms in total. The number of furan rings is 1. The number of nitrogens with zero attached hydrogens (tertiary/aromatic N) is 3. The van der Waals surface area contributed by atoms with Gasteiger partial charge >= 0.3 is 0 Å². The molecule has 8 aromatic carbocycles. The van der Waals surface area contributed by atoms with Gasteiger partial charge in [-0.05, 0) is 101 Å². The largest absolute Gasteiger partial charge is 0.456 e. The molecule has 0 amide bonds. The van der Waals surface area contributed by atoms with Gasteiger partial charge in [-0.15, -0.1) is 0 Å². The maximum absolute atomic E-state index is 9.97.